The fourth-order valence-corrected chi connectivity index (χ4v) is 9.76. The van der Waals surface area contributed by atoms with Crippen LogP contribution in [0.5, 0.6) is 0 Å². The summed E-state index contributed by atoms with van der Waals surface area (Å²) in [5.74, 6) is -1.07. The fraction of sp³-hybridized carbons (Fsp3) is 0.436. The summed E-state index contributed by atoms with van der Waals surface area (Å²) >= 11 is 1.56. The van der Waals surface area contributed by atoms with Crippen LogP contribution in [0.3, 0.4) is 0 Å². The molecule has 0 radical (unpaired) electrons. The van der Waals surface area contributed by atoms with E-state index in [9.17, 15) is 14.7 Å². The highest BCUT2D eigenvalue weighted by Crippen LogP contribution is 2.49. The molecule has 46 heavy (non-hydrogen) atoms. The number of aliphatic carboxylic acids is 1. The minimum absolute atomic E-state index is 0.261. The van der Waals surface area contributed by atoms with Crippen LogP contribution in [0.4, 0.5) is 0 Å². The van der Waals surface area contributed by atoms with Crippen LogP contribution in [0.25, 0.3) is 43.1 Å². The third kappa shape index (κ3) is 5.02. The van der Waals surface area contributed by atoms with E-state index in [1.807, 2.05) is 0 Å². The van der Waals surface area contributed by atoms with Crippen molar-refractivity contribution in [3.05, 3.63) is 64.7 Å². The van der Waals surface area contributed by atoms with Crippen LogP contribution >= 0.6 is 11.8 Å². The Kier molecular flexibility index (Phi) is 8.37. The highest BCUT2D eigenvalue weighted by molar-refractivity contribution is 7.99. The van der Waals surface area contributed by atoms with Crippen LogP contribution in [-0.4, -0.2) is 50.7 Å². The molecule has 240 valence electrons. The average Bonchev–Trinajstić information content (AvgIpc) is 3.05. The Morgan fingerprint density at radius 1 is 0.696 bits per heavy atom. The fourth-order valence-electron chi connectivity index (χ4n) is 8.61. The van der Waals surface area contributed by atoms with Crippen LogP contribution in [0.2, 0.25) is 0 Å². The second-order valence-corrected chi connectivity index (χ2v) is 14.4. The normalized spacial score (nSPS) is 16.1. The van der Waals surface area contributed by atoms with Crippen molar-refractivity contribution in [2.75, 3.05) is 5.75 Å². The van der Waals surface area contributed by atoms with E-state index in [0.29, 0.717) is 12.1 Å². The van der Waals surface area contributed by atoms with E-state index < -0.39 is 12.0 Å². The van der Waals surface area contributed by atoms with Crippen LogP contribution in [0.1, 0.15) is 82.6 Å². The lowest BCUT2D eigenvalue weighted by Gasteiger charge is -2.37. The van der Waals surface area contributed by atoms with Gasteiger partial charge in [-0.25, -0.2) is 4.79 Å². The molecule has 2 aliphatic rings. The number of hydrogen-bond donors (Lipinski definition) is 2. The van der Waals surface area contributed by atoms with Crippen molar-refractivity contribution in [2.45, 2.75) is 110 Å². The first-order chi connectivity index (χ1) is 22.3. The summed E-state index contributed by atoms with van der Waals surface area (Å²) in [5, 5.41) is 23.1. The van der Waals surface area contributed by atoms with Crippen LogP contribution in [0, 0.1) is 0 Å². The number of hydrogen-bond acceptors (Lipinski definition) is 5. The van der Waals surface area contributed by atoms with Gasteiger partial charge in [0.25, 0.3) is 0 Å². The molecule has 1 amide bonds. The molecule has 7 heteroatoms. The van der Waals surface area contributed by atoms with E-state index in [4.69, 9.17) is 0 Å². The van der Waals surface area contributed by atoms with Gasteiger partial charge in [-0.3, -0.25) is 14.6 Å². The number of carboxylic acid groups (broad SMARTS) is 1. The second-order valence-electron chi connectivity index (χ2n) is 13.4. The van der Waals surface area contributed by atoms with Gasteiger partial charge in [-0.1, -0.05) is 64.1 Å². The highest BCUT2D eigenvalue weighted by atomic mass is 32.2. The van der Waals surface area contributed by atoms with E-state index in [2.05, 4.69) is 85.3 Å². The number of benzene rings is 5. The maximum absolute atomic E-state index is 12.2. The summed E-state index contributed by atoms with van der Waals surface area (Å²) in [5.41, 5.74) is 5.49. The Balaban J connectivity index is 1.48. The molecule has 0 aromatic heterocycles. The van der Waals surface area contributed by atoms with E-state index in [-0.39, 0.29) is 11.7 Å². The molecular weight excluding hydrogens is 591 g/mol. The number of carbonyl (C=O) groups is 2. The number of rotatable bonds is 11. The SMILES string of the molecule is CCC(CC)N1Cc2ccc3c4ccc5c6c(cc(SCC(NC(C)=O)C(=O)O)c(c7ccc(c2c37)C1)c64)CN(C(CC)CC)C5. The highest BCUT2D eigenvalue weighted by Gasteiger charge is 2.30. The molecule has 5 aromatic rings. The Morgan fingerprint density at radius 2 is 1.17 bits per heavy atom. The minimum atomic E-state index is -1.01. The number of nitrogens with zero attached hydrogens (tertiary/aromatic N) is 2. The van der Waals surface area contributed by atoms with Crippen molar-refractivity contribution in [3.63, 3.8) is 0 Å². The predicted octanol–water partition coefficient (Wildman–Crippen LogP) is 8.43. The first kappa shape index (κ1) is 31.2. The first-order valence-electron chi connectivity index (χ1n) is 17.1. The van der Waals surface area contributed by atoms with E-state index in [0.717, 1.165) is 56.8 Å². The zero-order valence-corrected chi connectivity index (χ0v) is 28.5. The second kappa shape index (κ2) is 12.3. The third-order valence-electron chi connectivity index (χ3n) is 10.8. The summed E-state index contributed by atoms with van der Waals surface area (Å²) < 4.78 is 0. The van der Waals surface area contributed by atoms with Crippen LogP contribution in [0.15, 0.2) is 47.4 Å². The third-order valence-corrected chi connectivity index (χ3v) is 11.9. The van der Waals surface area contributed by atoms with Crippen molar-refractivity contribution < 1.29 is 14.7 Å². The maximum atomic E-state index is 12.2. The molecule has 0 saturated heterocycles. The lowest BCUT2D eigenvalue weighted by Crippen LogP contribution is -2.41. The molecule has 5 aromatic carbocycles. The van der Waals surface area contributed by atoms with Gasteiger partial charge in [0.1, 0.15) is 6.04 Å². The summed E-state index contributed by atoms with van der Waals surface area (Å²) in [6.45, 7) is 14.3. The Hall–Kier alpha value is -3.39. The molecule has 0 aliphatic carbocycles. The number of thioether (sulfide) groups is 1. The zero-order chi connectivity index (χ0) is 32.3. The van der Waals surface area contributed by atoms with Gasteiger partial charge < -0.3 is 10.4 Å². The van der Waals surface area contributed by atoms with Gasteiger partial charge in [0, 0.05) is 61.2 Å². The smallest absolute Gasteiger partial charge is 0.327 e. The summed E-state index contributed by atoms with van der Waals surface area (Å²) in [7, 11) is 0. The molecule has 2 heterocycles. The maximum Gasteiger partial charge on any atom is 0.327 e. The molecule has 0 spiro atoms. The molecule has 2 N–H and O–H groups in total. The van der Waals surface area contributed by atoms with E-state index in [1.54, 1.807) is 11.8 Å². The largest absolute Gasteiger partial charge is 0.480 e. The quantitative estimate of drug-likeness (QED) is 0.0863. The number of amides is 1. The van der Waals surface area contributed by atoms with Crippen molar-refractivity contribution in [2.24, 2.45) is 0 Å². The van der Waals surface area contributed by atoms with Gasteiger partial charge >= 0.3 is 5.97 Å². The van der Waals surface area contributed by atoms with Crippen LogP contribution in [-0.2, 0) is 35.8 Å². The minimum Gasteiger partial charge on any atom is -0.480 e. The van der Waals surface area contributed by atoms with Gasteiger partial charge in [-0.05, 0) is 91.7 Å². The molecule has 6 nitrogen and oxygen atoms in total. The van der Waals surface area contributed by atoms with Gasteiger partial charge in [0.05, 0.1) is 0 Å². The van der Waals surface area contributed by atoms with Crippen molar-refractivity contribution in [1.82, 2.24) is 15.1 Å². The summed E-state index contributed by atoms with van der Waals surface area (Å²) in [6.07, 6.45) is 4.52. The van der Waals surface area contributed by atoms with Crippen molar-refractivity contribution in [1.29, 1.82) is 0 Å². The topological polar surface area (TPSA) is 72.9 Å². The van der Waals surface area contributed by atoms with Gasteiger partial charge in [-0.15, -0.1) is 11.8 Å². The van der Waals surface area contributed by atoms with E-state index in [1.165, 1.54) is 72.3 Å². The molecule has 0 fully saturated rings. The summed E-state index contributed by atoms with van der Waals surface area (Å²) in [6, 6.07) is 16.6. The monoisotopic (exact) mass is 635 g/mol. The molecular formula is C39H45N3O3S. The lowest BCUT2D eigenvalue weighted by atomic mass is 9.82. The zero-order valence-electron chi connectivity index (χ0n) is 27.7. The number of nitrogens with one attached hydrogen (secondary N) is 1. The molecule has 7 rings (SSSR count). The molecule has 0 bridgehead atoms. The number of carboxylic acids is 1. The Labute approximate surface area is 275 Å². The molecule has 2 aliphatic heterocycles. The van der Waals surface area contributed by atoms with Gasteiger partial charge in [0.2, 0.25) is 5.91 Å². The van der Waals surface area contributed by atoms with Crippen molar-refractivity contribution in [3.8, 4) is 0 Å². The number of carbonyl (C=O) groups excluding carboxylic acids is 1. The van der Waals surface area contributed by atoms with Crippen molar-refractivity contribution >= 4 is 66.7 Å². The van der Waals surface area contributed by atoms with Gasteiger partial charge in [-0.2, -0.15) is 0 Å². The molecule has 1 atom stereocenters. The first-order valence-corrected chi connectivity index (χ1v) is 18.1. The standard InChI is InChI=1S/C39H45N3O3S/c1-6-27(7-2)41-17-23-10-13-29-30-14-11-25-19-42(28(8-3)9-4)20-26-16-33(46-21-32(39(44)45)40-22(5)43)37(38(30)35(25)26)31-15-12-24(18-41)34(23)36(29)31/h10-16,27-28,32H,6-9,17-21H2,1-5H3,(H,40,43)(H,44,45). The van der Waals surface area contributed by atoms with Crippen LogP contribution < -0.4 is 5.32 Å². The Morgan fingerprint density at radius 3 is 1.67 bits per heavy atom. The molecule has 1 unspecified atom stereocenters. The predicted molar refractivity (Wildman–Crippen MR) is 191 cm³/mol. The lowest BCUT2D eigenvalue weighted by molar-refractivity contribution is -0.140. The average molecular weight is 636 g/mol. The van der Waals surface area contributed by atoms with Gasteiger partial charge in [0.15, 0.2) is 0 Å². The molecule has 0 saturated carbocycles. The Bertz CT molecular complexity index is 1970. The number of fused-ring (bicyclic) bond motifs is 2. The van der Waals surface area contributed by atoms with E-state index >= 15 is 0 Å². The summed E-state index contributed by atoms with van der Waals surface area (Å²) in [4.78, 5) is 30.4.